The summed E-state index contributed by atoms with van der Waals surface area (Å²) < 4.78 is 5.69. The highest BCUT2D eigenvalue weighted by molar-refractivity contribution is 5.82. The maximum atomic E-state index is 10.8. The fourth-order valence-corrected chi connectivity index (χ4v) is 2.08. The smallest absolute Gasteiger partial charge is 0.272 e. The number of nitrogens with zero attached hydrogens (tertiary/aromatic N) is 2. The minimum Gasteiger partial charge on any atom is -0.436 e. The van der Waals surface area contributed by atoms with Crippen LogP contribution in [0.2, 0.25) is 0 Å². The molecule has 0 unspecified atom stereocenters. The predicted octanol–water partition coefficient (Wildman–Crippen LogP) is 3.29. The van der Waals surface area contributed by atoms with Crippen molar-refractivity contribution in [3.63, 3.8) is 0 Å². The van der Waals surface area contributed by atoms with Crippen LogP contribution in [-0.2, 0) is 0 Å². The van der Waals surface area contributed by atoms with E-state index in [2.05, 4.69) is 4.98 Å². The quantitative estimate of drug-likeness (QED) is 0.437. The lowest BCUT2D eigenvalue weighted by molar-refractivity contribution is -0.384. The average Bonchev–Trinajstić information content (AvgIpc) is 2.83. The van der Waals surface area contributed by atoms with Crippen LogP contribution in [0.25, 0.3) is 22.6 Å². The Hall–Kier alpha value is -2.89. The second-order valence-electron chi connectivity index (χ2n) is 4.51. The van der Waals surface area contributed by atoms with Crippen LogP contribution in [0.3, 0.4) is 0 Å². The molecule has 0 fully saturated rings. The number of rotatable bonds is 2. The molecule has 0 saturated heterocycles. The minimum absolute atomic E-state index is 0.00225. The maximum Gasteiger partial charge on any atom is 0.272 e. The molecule has 0 spiro atoms. The van der Waals surface area contributed by atoms with Gasteiger partial charge in [-0.2, -0.15) is 0 Å². The third-order valence-electron chi connectivity index (χ3n) is 3.00. The van der Waals surface area contributed by atoms with Crippen LogP contribution in [-0.4, -0.2) is 9.91 Å². The summed E-state index contributed by atoms with van der Waals surface area (Å²) in [4.78, 5) is 14.7. The van der Waals surface area contributed by atoms with Crippen LogP contribution in [0, 0.1) is 17.0 Å². The number of non-ortho nitro benzene ring substituents is 1. The first-order chi connectivity index (χ1) is 9.54. The van der Waals surface area contributed by atoms with Gasteiger partial charge in [-0.15, -0.1) is 0 Å². The van der Waals surface area contributed by atoms with Gasteiger partial charge in [-0.1, -0.05) is 6.07 Å². The van der Waals surface area contributed by atoms with Crippen LogP contribution >= 0.6 is 0 Å². The molecule has 0 amide bonds. The molecule has 0 aliphatic rings. The van der Waals surface area contributed by atoms with Crippen molar-refractivity contribution in [2.45, 2.75) is 6.92 Å². The third-order valence-corrected chi connectivity index (χ3v) is 3.00. The van der Waals surface area contributed by atoms with Crippen molar-refractivity contribution in [3.8, 4) is 11.5 Å². The number of aryl methyl sites for hydroxylation is 1. The van der Waals surface area contributed by atoms with Gasteiger partial charge in [0.2, 0.25) is 5.89 Å². The van der Waals surface area contributed by atoms with Gasteiger partial charge in [0.15, 0.2) is 5.58 Å². The van der Waals surface area contributed by atoms with E-state index < -0.39 is 4.92 Å². The summed E-state index contributed by atoms with van der Waals surface area (Å²) in [5, 5.41) is 10.8. The summed E-state index contributed by atoms with van der Waals surface area (Å²) in [5.41, 5.74) is 8.76. The Morgan fingerprint density at radius 1 is 1.30 bits per heavy atom. The molecule has 100 valence electrons. The van der Waals surface area contributed by atoms with E-state index in [0.29, 0.717) is 28.2 Å². The van der Waals surface area contributed by atoms with Gasteiger partial charge in [-0.25, -0.2) is 4.98 Å². The number of nitro benzene ring substituents is 1. The first kappa shape index (κ1) is 12.2. The van der Waals surface area contributed by atoms with Crippen molar-refractivity contribution < 1.29 is 9.34 Å². The number of nitro groups is 1. The summed E-state index contributed by atoms with van der Waals surface area (Å²) in [7, 11) is 0. The molecule has 3 rings (SSSR count). The lowest BCUT2D eigenvalue weighted by atomic mass is 10.2. The summed E-state index contributed by atoms with van der Waals surface area (Å²) in [6.45, 7) is 1.75. The van der Waals surface area contributed by atoms with E-state index in [9.17, 15) is 10.1 Å². The molecule has 2 aromatic carbocycles. The molecular weight excluding hydrogens is 258 g/mol. The molecule has 1 aromatic heterocycles. The summed E-state index contributed by atoms with van der Waals surface area (Å²) in [5.74, 6) is 0.399. The Kier molecular flexibility index (Phi) is 2.64. The van der Waals surface area contributed by atoms with Gasteiger partial charge in [-0.3, -0.25) is 10.1 Å². The number of nitrogen functional groups attached to an aromatic ring is 1. The van der Waals surface area contributed by atoms with Gasteiger partial charge >= 0.3 is 0 Å². The summed E-state index contributed by atoms with van der Waals surface area (Å²) in [6, 6.07) is 10.0. The molecule has 0 atom stereocenters. The molecule has 6 nitrogen and oxygen atoms in total. The summed E-state index contributed by atoms with van der Waals surface area (Å²) >= 11 is 0. The Morgan fingerprint density at radius 2 is 2.10 bits per heavy atom. The second-order valence-corrected chi connectivity index (χ2v) is 4.51. The van der Waals surface area contributed by atoms with Crippen molar-refractivity contribution in [3.05, 3.63) is 52.1 Å². The Bertz CT molecular complexity index is 824. The number of nitrogens with two attached hydrogens (primary N) is 1. The zero-order valence-corrected chi connectivity index (χ0v) is 10.7. The van der Waals surface area contributed by atoms with Crippen molar-refractivity contribution in [2.75, 3.05) is 5.73 Å². The number of hydrogen-bond donors (Lipinski definition) is 1. The molecule has 3 aromatic rings. The van der Waals surface area contributed by atoms with Crippen LogP contribution in [0.15, 0.2) is 40.8 Å². The van der Waals surface area contributed by atoms with Crippen molar-refractivity contribution in [2.24, 2.45) is 0 Å². The number of hydrogen-bond acceptors (Lipinski definition) is 5. The van der Waals surface area contributed by atoms with E-state index in [-0.39, 0.29) is 5.69 Å². The maximum absolute atomic E-state index is 10.8. The molecule has 2 N–H and O–H groups in total. The first-order valence-corrected chi connectivity index (χ1v) is 5.96. The molecule has 0 aliphatic heterocycles. The number of aromatic nitrogens is 1. The van der Waals surface area contributed by atoms with Crippen LogP contribution in [0.5, 0.6) is 0 Å². The van der Waals surface area contributed by atoms with E-state index in [1.165, 1.54) is 12.1 Å². The molecule has 6 heteroatoms. The summed E-state index contributed by atoms with van der Waals surface area (Å²) in [6.07, 6.45) is 0. The highest BCUT2D eigenvalue weighted by Gasteiger charge is 2.15. The molecule has 20 heavy (non-hydrogen) atoms. The van der Waals surface area contributed by atoms with E-state index in [0.717, 1.165) is 5.56 Å². The number of fused-ring (bicyclic) bond motifs is 1. The highest BCUT2D eigenvalue weighted by atomic mass is 16.6. The average molecular weight is 269 g/mol. The predicted molar refractivity (Wildman–Crippen MR) is 75.2 cm³/mol. The Balaban J connectivity index is 2.20. The van der Waals surface area contributed by atoms with E-state index in [1.807, 2.05) is 6.07 Å². The van der Waals surface area contributed by atoms with Gasteiger partial charge in [0.1, 0.15) is 5.52 Å². The van der Waals surface area contributed by atoms with Crippen LogP contribution in [0.4, 0.5) is 11.4 Å². The minimum atomic E-state index is -0.443. The van der Waals surface area contributed by atoms with E-state index in [4.69, 9.17) is 10.2 Å². The van der Waals surface area contributed by atoms with Gasteiger partial charge < -0.3 is 10.2 Å². The second kappa shape index (κ2) is 4.34. The van der Waals surface area contributed by atoms with Gasteiger partial charge in [0.25, 0.3) is 5.69 Å². The number of oxazole rings is 1. The Labute approximate surface area is 114 Å². The monoisotopic (exact) mass is 269 g/mol. The standard InChI is InChI=1S/C14H11N3O3/c1-8-5-11(17(18)19)7-12-13(8)20-14(16-12)9-3-2-4-10(15)6-9/h2-7H,15H2,1H3. The molecule has 0 radical (unpaired) electrons. The van der Waals surface area contributed by atoms with Crippen molar-refractivity contribution >= 4 is 22.5 Å². The molecule has 0 bridgehead atoms. The van der Waals surface area contributed by atoms with Crippen LogP contribution < -0.4 is 5.73 Å². The zero-order chi connectivity index (χ0) is 14.3. The third kappa shape index (κ3) is 1.97. The molecule has 0 aliphatic carbocycles. The zero-order valence-electron chi connectivity index (χ0n) is 10.7. The Morgan fingerprint density at radius 3 is 2.80 bits per heavy atom. The first-order valence-electron chi connectivity index (χ1n) is 5.96. The van der Waals surface area contributed by atoms with E-state index >= 15 is 0 Å². The number of anilines is 1. The fourth-order valence-electron chi connectivity index (χ4n) is 2.08. The van der Waals surface area contributed by atoms with Crippen molar-refractivity contribution in [1.82, 2.24) is 4.98 Å². The van der Waals surface area contributed by atoms with Gasteiger partial charge in [-0.05, 0) is 25.1 Å². The largest absolute Gasteiger partial charge is 0.436 e. The SMILES string of the molecule is Cc1cc([N+](=O)[O-])cc2nc(-c3cccc(N)c3)oc12. The van der Waals surface area contributed by atoms with Crippen LogP contribution in [0.1, 0.15) is 5.56 Å². The van der Waals surface area contributed by atoms with Gasteiger partial charge in [0.05, 0.1) is 4.92 Å². The lowest BCUT2D eigenvalue weighted by Crippen LogP contribution is -1.88. The lowest BCUT2D eigenvalue weighted by Gasteiger charge is -1.96. The topological polar surface area (TPSA) is 95.2 Å². The van der Waals surface area contributed by atoms with Gasteiger partial charge in [0, 0.05) is 28.9 Å². The van der Waals surface area contributed by atoms with E-state index in [1.54, 1.807) is 25.1 Å². The fraction of sp³-hybridized carbons (Fsp3) is 0.0714. The molecular formula is C14H11N3O3. The molecule has 0 saturated carbocycles. The normalized spacial score (nSPS) is 10.8. The molecule has 1 heterocycles. The number of benzene rings is 2. The van der Waals surface area contributed by atoms with Crippen molar-refractivity contribution in [1.29, 1.82) is 0 Å². The highest BCUT2D eigenvalue weighted by Crippen LogP contribution is 2.30.